The number of halogens is 2. The van der Waals surface area contributed by atoms with Gasteiger partial charge in [0.05, 0.1) is 0 Å². The fourth-order valence-corrected chi connectivity index (χ4v) is 2.13. The second kappa shape index (κ2) is 7.31. The Kier molecular flexibility index (Phi) is 6.05. The Morgan fingerprint density at radius 2 is 1.78 bits per heavy atom. The van der Waals surface area contributed by atoms with Gasteiger partial charge in [0.1, 0.15) is 0 Å². The van der Waals surface area contributed by atoms with Crippen molar-refractivity contribution in [2.75, 3.05) is 31.1 Å². The number of nitrogens with zero attached hydrogens (tertiary/aromatic N) is 1. The Hall–Kier alpha value is -1.16. The molecule has 0 atom stereocenters. The second-order valence-electron chi connectivity index (χ2n) is 4.03. The average Bonchev–Trinajstić information content (AvgIpc) is 2.42. The van der Waals surface area contributed by atoms with Crippen molar-refractivity contribution in [1.29, 1.82) is 0 Å². The van der Waals surface area contributed by atoms with Crippen molar-refractivity contribution in [2.24, 2.45) is 0 Å². The highest BCUT2D eigenvalue weighted by Gasteiger charge is 2.17. The van der Waals surface area contributed by atoms with Crippen molar-refractivity contribution < 1.29 is 8.78 Å². The van der Waals surface area contributed by atoms with Gasteiger partial charge in [0, 0.05) is 37.4 Å². The molecular formula is C14H22F2N2. The van der Waals surface area contributed by atoms with Gasteiger partial charge in [-0.25, -0.2) is 8.78 Å². The standard InChI is InChI=1S/C12H16F2N2.C2H6/c1-9-10(12(13)14)3-2-4-11(9)16-7-5-15-6-8-16;1-2/h2-4,12,15H,5-8H2,1H3;1-2H3. The molecular weight excluding hydrogens is 234 g/mol. The first-order chi connectivity index (χ1) is 8.70. The summed E-state index contributed by atoms with van der Waals surface area (Å²) in [6, 6.07) is 5.14. The number of anilines is 1. The maximum atomic E-state index is 12.7. The molecule has 4 heteroatoms. The summed E-state index contributed by atoms with van der Waals surface area (Å²) >= 11 is 0. The minimum absolute atomic E-state index is 0.149. The first kappa shape index (κ1) is 14.9. The average molecular weight is 256 g/mol. The lowest BCUT2D eigenvalue weighted by atomic mass is 10.1. The van der Waals surface area contributed by atoms with E-state index in [1.165, 1.54) is 6.07 Å². The van der Waals surface area contributed by atoms with Crippen LogP contribution in [0.2, 0.25) is 0 Å². The van der Waals surface area contributed by atoms with Gasteiger partial charge in [-0.3, -0.25) is 0 Å². The van der Waals surface area contributed by atoms with Crippen LogP contribution in [0.15, 0.2) is 18.2 Å². The van der Waals surface area contributed by atoms with Crippen LogP contribution < -0.4 is 10.2 Å². The summed E-state index contributed by atoms with van der Waals surface area (Å²) in [4.78, 5) is 2.16. The molecule has 0 spiro atoms. The van der Waals surface area contributed by atoms with Gasteiger partial charge in [0.2, 0.25) is 0 Å². The minimum Gasteiger partial charge on any atom is -0.369 e. The molecule has 102 valence electrons. The first-order valence-corrected chi connectivity index (χ1v) is 6.53. The molecule has 2 nitrogen and oxygen atoms in total. The summed E-state index contributed by atoms with van der Waals surface area (Å²) in [5.41, 5.74) is 1.80. The molecule has 1 aliphatic heterocycles. The Balaban J connectivity index is 0.000000771. The molecule has 0 saturated carbocycles. The maximum absolute atomic E-state index is 12.7. The molecule has 0 aliphatic carbocycles. The third kappa shape index (κ3) is 3.42. The van der Waals surface area contributed by atoms with E-state index in [4.69, 9.17) is 0 Å². The van der Waals surface area contributed by atoms with Gasteiger partial charge in [-0.1, -0.05) is 26.0 Å². The number of benzene rings is 1. The van der Waals surface area contributed by atoms with E-state index in [1.807, 2.05) is 19.9 Å². The van der Waals surface area contributed by atoms with Crippen LogP contribution in [-0.4, -0.2) is 26.2 Å². The predicted molar refractivity (Wildman–Crippen MR) is 72.6 cm³/mol. The predicted octanol–water partition coefficient (Wildman–Crippen LogP) is 3.37. The molecule has 1 fully saturated rings. The normalized spacial score (nSPS) is 15.3. The third-order valence-electron chi connectivity index (χ3n) is 3.04. The maximum Gasteiger partial charge on any atom is 0.264 e. The third-order valence-corrected chi connectivity index (χ3v) is 3.04. The van der Waals surface area contributed by atoms with Crippen LogP contribution in [0.5, 0.6) is 0 Å². The van der Waals surface area contributed by atoms with Crippen molar-refractivity contribution in [3.8, 4) is 0 Å². The topological polar surface area (TPSA) is 15.3 Å². The Morgan fingerprint density at radius 1 is 1.17 bits per heavy atom. The molecule has 1 saturated heterocycles. The Labute approximate surface area is 108 Å². The zero-order valence-electron chi connectivity index (χ0n) is 11.3. The second-order valence-corrected chi connectivity index (χ2v) is 4.03. The lowest BCUT2D eigenvalue weighted by Gasteiger charge is -2.31. The van der Waals surface area contributed by atoms with Crippen molar-refractivity contribution in [3.05, 3.63) is 29.3 Å². The van der Waals surface area contributed by atoms with Crippen molar-refractivity contribution in [3.63, 3.8) is 0 Å². The summed E-state index contributed by atoms with van der Waals surface area (Å²) in [5.74, 6) is 0. The van der Waals surface area contributed by atoms with E-state index >= 15 is 0 Å². The van der Waals surface area contributed by atoms with E-state index in [1.54, 1.807) is 13.0 Å². The van der Waals surface area contributed by atoms with E-state index in [9.17, 15) is 8.78 Å². The zero-order valence-corrected chi connectivity index (χ0v) is 11.3. The van der Waals surface area contributed by atoms with E-state index in [0.717, 1.165) is 31.9 Å². The molecule has 1 aromatic rings. The fourth-order valence-electron chi connectivity index (χ4n) is 2.13. The molecule has 0 unspecified atom stereocenters. The monoisotopic (exact) mass is 256 g/mol. The van der Waals surface area contributed by atoms with E-state index in [0.29, 0.717) is 5.56 Å². The number of hydrogen-bond acceptors (Lipinski definition) is 2. The van der Waals surface area contributed by atoms with Gasteiger partial charge in [-0.05, 0) is 18.6 Å². The smallest absolute Gasteiger partial charge is 0.264 e. The molecule has 0 bridgehead atoms. The highest BCUT2D eigenvalue weighted by atomic mass is 19.3. The zero-order chi connectivity index (χ0) is 13.5. The number of rotatable bonds is 2. The lowest BCUT2D eigenvalue weighted by molar-refractivity contribution is 0.150. The largest absolute Gasteiger partial charge is 0.369 e. The van der Waals surface area contributed by atoms with Crippen LogP contribution in [0.25, 0.3) is 0 Å². The molecule has 1 N–H and O–H groups in total. The molecule has 1 aromatic carbocycles. The molecule has 2 rings (SSSR count). The van der Waals surface area contributed by atoms with Crippen molar-refractivity contribution in [1.82, 2.24) is 5.32 Å². The van der Waals surface area contributed by atoms with Crippen LogP contribution >= 0.6 is 0 Å². The highest BCUT2D eigenvalue weighted by Crippen LogP contribution is 2.29. The number of hydrogen-bond donors (Lipinski definition) is 1. The molecule has 1 aliphatic rings. The van der Waals surface area contributed by atoms with Crippen LogP contribution in [0.4, 0.5) is 14.5 Å². The molecule has 0 aromatic heterocycles. The van der Waals surface area contributed by atoms with Gasteiger partial charge < -0.3 is 10.2 Å². The first-order valence-electron chi connectivity index (χ1n) is 6.53. The Bertz CT molecular complexity index is 361. The Morgan fingerprint density at radius 3 is 2.33 bits per heavy atom. The molecule has 18 heavy (non-hydrogen) atoms. The minimum atomic E-state index is -2.39. The quantitative estimate of drug-likeness (QED) is 0.872. The van der Waals surface area contributed by atoms with Gasteiger partial charge in [-0.15, -0.1) is 0 Å². The summed E-state index contributed by atoms with van der Waals surface area (Å²) in [5, 5.41) is 3.25. The fraction of sp³-hybridized carbons (Fsp3) is 0.571. The van der Waals surface area contributed by atoms with Crippen molar-refractivity contribution >= 4 is 5.69 Å². The van der Waals surface area contributed by atoms with E-state index < -0.39 is 6.43 Å². The van der Waals surface area contributed by atoms with E-state index in [-0.39, 0.29) is 5.56 Å². The van der Waals surface area contributed by atoms with Crippen molar-refractivity contribution in [2.45, 2.75) is 27.2 Å². The van der Waals surface area contributed by atoms with Gasteiger partial charge in [0.25, 0.3) is 6.43 Å². The summed E-state index contributed by atoms with van der Waals surface area (Å²) < 4.78 is 25.5. The van der Waals surface area contributed by atoms with E-state index in [2.05, 4.69) is 10.2 Å². The van der Waals surface area contributed by atoms with Crippen LogP contribution in [-0.2, 0) is 0 Å². The molecule has 0 radical (unpaired) electrons. The summed E-state index contributed by atoms with van der Waals surface area (Å²) in [7, 11) is 0. The summed E-state index contributed by atoms with van der Waals surface area (Å²) in [6.45, 7) is 9.37. The molecule has 0 amide bonds. The SMILES string of the molecule is CC.Cc1c(C(F)F)cccc1N1CCNCC1. The van der Waals surface area contributed by atoms with Gasteiger partial charge >= 0.3 is 0 Å². The van der Waals surface area contributed by atoms with Crippen LogP contribution in [0.1, 0.15) is 31.4 Å². The number of alkyl halides is 2. The number of nitrogens with one attached hydrogen (secondary N) is 1. The van der Waals surface area contributed by atoms with Crippen LogP contribution in [0, 0.1) is 6.92 Å². The van der Waals surface area contributed by atoms with Crippen LogP contribution in [0.3, 0.4) is 0 Å². The lowest BCUT2D eigenvalue weighted by Crippen LogP contribution is -2.43. The van der Waals surface area contributed by atoms with Gasteiger partial charge in [0.15, 0.2) is 0 Å². The highest BCUT2D eigenvalue weighted by molar-refractivity contribution is 5.56. The number of piperazine rings is 1. The van der Waals surface area contributed by atoms with Gasteiger partial charge in [-0.2, -0.15) is 0 Å². The molecule has 1 heterocycles. The summed E-state index contributed by atoms with van der Waals surface area (Å²) in [6.07, 6.45) is -2.39.